The molecule has 1 aliphatic heterocycles. The molecule has 0 aliphatic carbocycles. The van der Waals surface area contributed by atoms with Crippen molar-refractivity contribution in [3.63, 3.8) is 0 Å². The number of aromatic nitrogens is 1. The Labute approximate surface area is 84.9 Å². The molecule has 1 aliphatic rings. The smallest absolute Gasteiger partial charge is 0.211 e. The Balaban J connectivity index is 2.01. The third-order valence-corrected chi connectivity index (χ3v) is 2.55. The summed E-state index contributed by atoms with van der Waals surface area (Å²) in [7, 11) is 0. The average molecular weight is 194 g/mol. The molecule has 0 saturated carbocycles. The molecule has 0 radical (unpaired) electrons. The second-order valence-electron chi connectivity index (χ2n) is 4.42. The largest absolute Gasteiger partial charge is 0.447 e. The highest BCUT2D eigenvalue weighted by atomic mass is 16.3. The standard InChI is InChI=1S/C11H18N2O/c1-8(2)6-9-7-14-11(13-9)10-4-3-5-12-10/h7-8,10,12H,3-6H2,1-2H3. The summed E-state index contributed by atoms with van der Waals surface area (Å²) in [4.78, 5) is 4.50. The van der Waals surface area contributed by atoms with E-state index in [9.17, 15) is 0 Å². The van der Waals surface area contributed by atoms with E-state index in [0.29, 0.717) is 12.0 Å². The van der Waals surface area contributed by atoms with Crippen LogP contribution in [0.1, 0.15) is 44.3 Å². The van der Waals surface area contributed by atoms with Gasteiger partial charge in [0.05, 0.1) is 11.7 Å². The zero-order chi connectivity index (χ0) is 9.97. The summed E-state index contributed by atoms with van der Waals surface area (Å²) in [6.07, 6.45) is 5.19. The minimum absolute atomic E-state index is 0.357. The normalized spacial score (nSPS) is 22.1. The lowest BCUT2D eigenvalue weighted by Crippen LogP contribution is -2.13. The fourth-order valence-electron chi connectivity index (χ4n) is 1.89. The van der Waals surface area contributed by atoms with E-state index in [0.717, 1.165) is 31.0 Å². The summed E-state index contributed by atoms with van der Waals surface area (Å²) in [5.41, 5.74) is 1.09. The van der Waals surface area contributed by atoms with Crippen LogP contribution in [0.15, 0.2) is 10.7 Å². The molecular formula is C11H18N2O. The molecule has 0 amide bonds. The van der Waals surface area contributed by atoms with Gasteiger partial charge in [-0.05, 0) is 31.7 Å². The summed E-state index contributed by atoms with van der Waals surface area (Å²) in [5, 5.41) is 3.38. The molecule has 1 unspecified atom stereocenters. The first-order chi connectivity index (χ1) is 6.75. The molecule has 3 heteroatoms. The SMILES string of the molecule is CC(C)Cc1coc(C2CCCN2)n1. The van der Waals surface area contributed by atoms with Gasteiger partial charge in [-0.25, -0.2) is 4.98 Å². The molecule has 14 heavy (non-hydrogen) atoms. The maximum Gasteiger partial charge on any atom is 0.211 e. The predicted molar refractivity (Wildman–Crippen MR) is 55.0 cm³/mol. The molecule has 1 N–H and O–H groups in total. The average Bonchev–Trinajstić information content (AvgIpc) is 2.69. The number of nitrogens with one attached hydrogen (secondary N) is 1. The molecule has 0 aromatic carbocycles. The highest BCUT2D eigenvalue weighted by Gasteiger charge is 2.20. The zero-order valence-electron chi connectivity index (χ0n) is 8.92. The van der Waals surface area contributed by atoms with Gasteiger partial charge in [-0.1, -0.05) is 13.8 Å². The van der Waals surface area contributed by atoms with Crippen LogP contribution in [0.2, 0.25) is 0 Å². The van der Waals surface area contributed by atoms with E-state index >= 15 is 0 Å². The number of rotatable bonds is 3. The third kappa shape index (κ3) is 2.15. The van der Waals surface area contributed by atoms with Crippen molar-refractivity contribution in [3.05, 3.63) is 17.8 Å². The molecule has 3 nitrogen and oxygen atoms in total. The van der Waals surface area contributed by atoms with Gasteiger partial charge in [-0.3, -0.25) is 0 Å². The van der Waals surface area contributed by atoms with Gasteiger partial charge in [0.1, 0.15) is 6.26 Å². The van der Waals surface area contributed by atoms with Crippen LogP contribution in [0, 0.1) is 5.92 Å². The fraction of sp³-hybridized carbons (Fsp3) is 0.727. The topological polar surface area (TPSA) is 38.1 Å². The maximum absolute atomic E-state index is 5.48. The number of hydrogen-bond donors (Lipinski definition) is 1. The summed E-state index contributed by atoms with van der Waals surface area (Å²) >= 11 is 0. The van der Waals surface area contributed by atoms with Crippen LogP contribution in [0.25, 0.3) is 0 Å². The van der Waals surface area contributed by atoms with Crippen molar-refractivity contribution < 1.29 is 4.42 Å². The first-order valence-corrected chi connectivity index (χ1v) is 5.43. The van der Waals surface area contributed by atoms with Gasteiger partial charge in [0.25, 0.3) is 0 Å². The van der Waals surface area contributed by atoms with Crippen molar-refractivity contribution >= 4 is 0 Å². The number of hydrogen-bond acceptors (Lipinski definition) is 3. The zero-order valence-corrected chi connectivity index (χ0v) is 8.92. The van der Waals surface area contributed by atoms with E-state index in [1.54, 1.807) is 6.26 Å². The van der Waals surface area contributed by atoms with E-state index in [1.807, 2.05) is 0 Å². The Morgan fingerprint density at radius 1 is 1.64 bits per heavy atom. The number of oxazole rings is 1. The van der Waals surface area contributed by atoms with E-state index in [-0.39, 0.29) is 0 Å². The molecule has 1 atom stereocenters. The van der Waals surface area contributed by atoms with Crippen molar-refractivity contribution in [2.45, 2.75) is 39.2 Å². The molecule has 0 bridgehead atoms. The van der Waals surface area contributed by atoms with Gasteiger partial charge < -0.3 is 9.73 Å². The Morgan fingerprint density at radius 2 is 2.50 bits per heavy atom. The van der Waals surface area contributed by atoms with Gasteiger partial charge in [-0.2, -0.15) is 0 Å². The molecule has 1 aromatic heterocycles. The lowest BCUT2D eigenvalue weighted by Gasteiger charge is -2.03. The Morgan fingerprint density at radius 3 is 3.14 bits per heavy atom. The van der Waals surface area contributed by atoms with E-state index in [2.05, 4.69) is 24.1 Å². The van der Waals surface area contributed by atoms with Gasteiger partial charge in [0, 0.05) is 0 Å². The van der Waals surface area contributed by atoms with Crippen LogP contribution in [0.5, 0.6) is 0 Å². The Hall–Kier alpha value is -0.830. The molecule has 1 fully saturated rings. The summed E-state index contributed by atoms with van der Waals surface area (Å²) in [6.45, 7) is 5.48. The molecule has 1 aromatic rings. The van der Waals surface area contributed by atoms with Crippen LogP contribution in [-0.2, 0) is 6.42 Å². The highest BCUT2D eigenvalue weighted by molar-refractivity contribution is 5.02. The molecule has 78 valence electrons. The van der Waals surface area contributed by atoms with Crippen molar-refractivity contribution in [3.8, 4) is 0 Å². The molecule has 2 heterocycles. The molecule has 2 rings (SSSR count). The van der Waals surface area contributed by atoms with E-state index < -0.39 is 0 Å². The first kappa shape index (κ1) is 9.71. The van der Waals surface area contributed by atoms with Crippen LogP contribution in [-0.4, -0.2) is 11.5 Å². The summed E-state index contributed by atoms with van der Waals surface area (Å²) in [5.74, 6) is 1.52. The number of nitrogens with zero attached hydrogens (tertiary/aromatic N) is 1. The van der Waals surface area contributed by atoms with Gasteiger partial charge in [-0.15, -0.1) is 0 Å². The quantitative estimate of drug-likeness (QED) is 0.802. The third-order valence-electron chi connectivity index (χ3n) is 2.55. The minimum Gasteiger partial charge on any atom is -0.447 e. The van der Waals surface area contributed by atoms with E-state index in [4.69, 9.17) is 4.42 Å². The molecule has 1 saturated heterocycles. The van der Waals surface area contributed by atoms with Crippen LogP contribution >= 0.6 is 0 Å². The fourth-order valence-corrected chi connectivity index (χ4v) is 1.89. The Bertz CT molecular complexity index is 287. The van der Waals surface area contributed by atoms with Gasteiger partial charge in [0.15, 0.2) is 0 Å². The van der Waals surface area contributed by atoms with Crippen molar-refractivity contribution in [2.24, 2.45) is 5.92 Å². The second kappa shape index (κ2) is 4.13. The summed E-state index contributed by atoms with van der Waals surface area (Å²) < 4.78 is 5.48. The first-order valence-electron chi connectivity index (χ1n) is 5.43. The maximum atomic E-state index is 5.48. The van der Waals surface area contributed by atoms with Crippen LogP contribution < -0.4 is 5.32 Å². The van der Waals surface area contributed by atoms with Crippen LogP contribution in [0.3, 0.4) is 0 Å². The van der Waals surface area contributed by atoms with Crippen LogP contribution in [0.4, 0.5) is 0 Å². The minimum atomic E-state index is 0.357. The predicted octanol–water partition coefficient (Wildman–Crippen LogP) is 2.30. The molecule has 0 spiro atoms. The van der Waals surface area contributed by atoms with Gasteiger partial charge >= 0.3 is 0 Å². The van der Waals surface area contributed by atoms with E-state index in [1.165, 1.54) is 6.42 Å². The summed E-state index contributed by atoms with van der Waals surface area (Å²) in [6, 6.07) is 0.357. The highest BCUT2D eigenvalue weighted by Crippen LogP contribution is 2.22. The molecular weight excluding hydrogens is 176 g/mol. The Kier molecular flexibility index (Phi) is 2.87. The lowest BCUT2D eigenvalue weighted by molar-refractivity contribution is 0.429. The van der Waals surface area contributed by atoms with Crippen molar-refractivity contribution in [1.29, 1.82) is 0 Å². The van der Waals surface area contributed by atoms with Gasteiger partial charge in [0.2, 0.25) is 5.89 Å². The lowest BCUT2D eigenvalue weighted by atomic mass is 10.1. The second-order valence-corrected chi connectivity index (χ2v) is 4.42. The van der Waals surface area contributed by atoms with Crippen molar-refractivity contribution in [1.82, 2.24) is 10.3 Å². The monoisotopic (exact) mass is 194 g/mol. The van der Waals surface area contributed by atoms with Crippen molar-refractivity contribution in [2.75, 3.05) is 6.54 Å².